The molecule has 47 heavy (non-hydrogen) atoms. The molecule has 0 spiro atoms. The number of para-hydroxylation sites is 1. The van der Waals surface area contributed by atoms with Crippen molar-refractivity contribution in [3.8, 4) is 11.5 Å². The number of carbonyl (C=O) groups excluding carboxylic acids is 1. The molecule has 4 aromatic rings. The van der Waals surface area contributed by atoms with E-state index in [4.69, 9.17) is 18.6 Å². The third-order valence-electron chi connectivity index (χ3n) is 8.59. The van der Waals surface area contributed by atoms with Gasteiger partial charge in [0, 0.05) is 38.8 Å². The SMILES string of the molecule is CN(CCCOc1ccc2c(=O)c3ccccc3oc2c1)Cc1cccc(OC(=O)NCCCCCCCCCN2CCOCC2)c1. The molecule has 0 unspecified atom stereocenters. The van der Waals surface area contributed by atoms with Crippen LogP contribution in [0.25, 0.3) is 21.9 Å². The minimum absolute atomic E-state index is 0.0346. The molecule has 0 aliphatic carbocycles. The lowest BCUT2D eigenvalue weighted by molar-refractivity contribution is 0.0371. The van der Waals surface area contributed by atoms with Crippen LogP contribution in [0.4, 0.5) is 4.79 Å². The number of ether oxygens (including phenoxy) is 3. The third kappa shape index (κ3) is 11.1. The van der Waals surface area contributed by atoms with E-state index in [1.807, 2.05) is 42.5 Å². The number of rotatable bonds is 18. The van der Waals surface area contributed by atoms with E-state index in [1.165, 1.54) is 38.6 Å². The Balaban J connectivity index is 0.924. The number of hydrogen-bond donors (Lipinski definition) is 1. The molecule has 0 bridgehead atoms. The number of hydrogen-bond acceptors (Lipinski definition) is 8. The molecule has 0 radical (unpaired) electrons. The summed E-state index contributed by atoms with van der Waals surface area (Å²) in [6.45, 7) is 7.81. The van der Waals surface area contributed by atoms with Crippen molar-refractivity contribution in [3.63, 3.8) is 0 Å². The topological polar surface area (TPSA) is 93.5 Å². The van der Waals surface area contributed by atoms with E-state index >= 15 is 0 Å². The van der Waals surface area contributed by atoms with Crippen LogP contribution in [0.2, 0.25) is 0 Å². The van der Waals surface area contributed by atoms with Crippen LogP contribution in [0.5, 0.6) is 11.5 Å². The van der Waals surface area contributed by atoms with E-state index in [1.54, 1.807) is 24.3 Å². The minimum atomic E-state index is -0.406. The standard InChI is InChI=1S/C38H49N3O6/c1-40(20-12-24-45-31-17-18-34-36(28-31)47-35-16-8-7-15-33(35)37(34)42)29-30-13-11-14-32(27-30)46-38(43)39-19-9-5-3-2-4-6-10-21-41-22-25-44-26-23-41/h7-8,11,13-18,27-28H,2-6,9-10,12,19-26,29H2,1H3,(H,39,43). The van der Waals surface area contributed by atoms with Crippen molar-refractivity contribution in [3.05, 3.63) is 82.5 Å². The molecule has 1 N–H and O–H groups in total. The molecular weight excluding hydrogens is 594 g/mol. The van der Waals surface area contributed by atoms with Crippen molar-refractivity contribution in [2.45, 2.75) is 57.9 Å². The fourth-order valence-corrected chi connectivity index (χ4v) is 6.00. The van der Waals surface area contributed by atoms with Gasteiger partial charge in [0.1, 0.15) is 22.7 Å². The second-order valence-electron chi connectivity index (χ2n) is 12.4. The Morgan fingerprint density at radius 1 is 0.830 bits per heavy atom. The first-order valence-corrected chi connectivity index (χ1v) is 17.2. The van der Waals surface area contributed by atoms with Gasteiger partial charge < -0.3 is 28.8 Å². The average molecular weight is 644 g/mol. The molecule has 0 atom stereocenters. The highest BCUT2D eigenvalue weighted by molar-refractivity contribution is 5.90. The van der Waals surface area contributed by atoms with Gasteiger partial charge >= 0.3 is 6.09 Å². The van der Waals surface area contributed by atoms with E-state index in [2.05, 4.69) is 22.2 Å². The lowest BCUT2D eigenvalue weighted by Crippen LogP contribution is -2.36. The lowest BCUT2D eigenvalue weighted by atomic mass is 10.1. The number of amides is 1. The molecule has 9 nitrogen and oxygen atoms in total. The summed E-state index contributed by atoms with van der Waals surface area (Å²) >= 11 is 0. The first kappa shape index (κ1) is 34.4. The van der Waals surface area contributed by atoms with Crippen LogP contribution in [0, 0.1) is 0 Å². The Bertz CT molecular complexity index is 1620. The summed E-state index contributed by atoms with van der Waals surface area (Å²) in [5.74, 6) is 1.22. The quantitative estimate of drug-likeness (QED) is 0.0916. The predicted molar refractivity (Wildman–Crippen MR) is 186 cm³/mol. The van der Waals surface area contributed by atoms with Gasteiger partial charge in [0.05, 0.1) is 30.6 Å². The number of fused-ring (bicyclic) bond motifs is 2. The van der Waals surface area contributed by atoms with Crippen molar-refractivity contribution in [2.24, 2.45) is 0 Å². The number of benzene rings is 3. The zero-order valence-electron chi connectivity index (χ0n) is 27.7. The Morgan fingerprint density at radius 2 is 1.60 bits per heavy atom. The highest BCUT2D eigenvalue weighted by Crippen LogP contribution is 2.23. The maximum Gasteiger partial charge on any atom is 0.412 e. The zero-order chi connectivity index (χ0) is 32.7. The summed E-state index contributed by atoms with van der Waals surface area (Å²) in [5, 5.41) is 4.01. The van der Waals surface area contributed by atoms with E-state index in [-0.39, 0.29) is 5.43 Å². The molecule has 5 rings (SSSR count). The number of carbonyl (C=O) groups is 1. The van der Waals surface area contributed by atoms with Crippen LogP contribution in [0.3, 0.4) is 0 Å². The second kappa shape index (κ2) is 18.4. The number of unbranched alkanes of at least 4 members (excludes halogenated alkanes) is 6. The van der Waals surface area contributed by atoms with Crippen LogP contribution in [0.1, 0.15) is 56.9 Å². The molecule has 0 saturated carbocycles. The van der Waals surface area contributed by atoms with Crippen LogP contribution in [-0.2, 0) is 11.3 Å². The van der Waals surface area contributed by atoms with Gasteiger partial charge in [-0.3, -0.25) is 9.69 Å². The highest BCUT2D eigenvalue weighted by Gasteiger charge is 2.11. The van der Waals surface area contributed by atoms with Crippen LogP contribution in [-0.4, -0.2) is 75.5 Å². The monoisotopic (exact) mass is 643 g/mol. The lowest BCUT2D eigenvalue weighted by Gasteiger charge is -2.26. The van der Waals surface area contributed by atoms with Gasteiger partial charge in [0.15, 0.2) is 0 Å². The zero-order valence-corrected chi connectivity index (χ0v) is 27.7. The minimum Gasteiger partial charge on any atom is -0.493 e. The van der Waals surface area contributed by atoms with Gasteiger partial charge in [-0.1, -0.05) is 56.4 Å². The molecule has 9 heteroatoms. The van der Waals surface area contributed by atoms with E-state index in [0.717, 1.165) is 64.2 Å². The summed E-state index contributed by atoms with van der Waals surface area (Å²) in [5.41, 5.74) is 2.13. The smallest absolute Gasteiger partial charge is 0.412 e. The molecule has 3 aromatic carbocycles. The van der Waals surface area contributed by atoms with Gasteiger partial charge in [-0.25, -0.2) is 4.79 Å². The first-order chi connectivity index (χ1) is 23.0. The summed E-state index contributed by atoms with van der Waals surface area (Å²) in [6.07, 6.45) is 8.81. The molecule has 1 amide bonds. The molecule has 2 heterocycles. The Kier molecular flexibility index (Phi) is 13.5. The normalized spacial score (nSPS) is 13.7. The predicted octanol–water partition coefficient (Wildman–Crippen LogP) is 7.00. The highest BCUT2D eigenvalue weighted by atomic mass is 16.6. The average Bonchev–Trinajstić information content (AvgIpc) is 3.08. The first-order valence-electron chi connectivity index (χ1n) is 17.2. The van der Waals surface area contributed by atoms with E-state index < -0.39 is 6.09 Å². The Hall–Kier alpha value is -3.92. The molecule has 1 aliphatic heterocycles. The number of nitrogens with one attached hydrogen (secondary N) is 1. The van der Waals surface area contributed by atoms with Crippen LogP contribution >= 0.6 is 0 Å². The van der Waals surface area contributed by atoms with Crippen molar-refractivity contribution in [2.75, 3.05) is 59.6 Å². The summed E-state index contributed by atoms with van der Waals surface area (Å²) in [4.78, 5) is 29.8. The largest absolute Gasteiger partial charge is 0.493 e. The van der Waals surface area contributed by atoms with Gasteiger partial charge in [-0.2, -0.15) is 0 Å². The van der Waals surface area contributed by atoms with Crippen molar-refractivity contribution in [1.82, 2.24) is 15.1 Å². The molecule has 1 aromatic heterocycles. The molecule has 1 aliphatic rings. The molecule has 252 valence electrons. The van der Waals surface area contributed by atoms with Crippen LogP contribution in [0.15, 0.2) is 75.9 Å². The molecular formula is C38H49N3O6. The fourth-order valence-electron chi connectivity index (χ4n) is 6.00. The third-order valence-corrected chi connectivity index (χ3v) is 8.59. The maximum absolute atomic E-state index is 12.8. The van der Waals surface area contributed by atoms with Gasteiger partial charge in [-0.05, 0) is 74.8 Å². The van der Waals surface area contributed by atoms with Crippen molar-refractivity contribution >= 4 is 28.0 Å². The summed E-state index contributed by atoms with van der Waals surface area (Å²) in [6, 6.07) is 20.3. The fraction of sp³-hybridized carbons (Fsp3) is 0.474. The van der Waals surface area contributed by atoms with E-state index in [0.29, 0.717) is 46.6 Å². The number of nitrogens with zero attached hydrogens (tertiary/aromatic N) is 2. The molecule has 1 fully saturated rings. The molecule has 1 saturated heterocycles. The second-order valence-corrected chi connectivity index (χ2v) is 12.4. The Labute approximate surface area is 277 Å². The number of morpholine rings is 1. The van der Waals surface area contributed by atoms with Gasteiger partial charge in [0.2, 0.25) is 5.43 Å². The van der Waals surface area contributed by atoms with Gasteiger partial charge in [-0.15, -0.1) is 0 Å². The van der Waals surface area contributed by atoms with E-state index in [9.17, 15) is 9.59 Å². The van der Waals surface area contributed by atoms with Gasteiger partial charge in [0.25, 0.3) is 0 Å². The van der Waals surface area contributed by atoms with Crippen LogP contribution < -0.4 is 20.2 Å². The summed E-state index contributed by atoms with van der Waals surface area (Å²) in [7, 11) is 2.06. The van der Waals surface area contributed by atoms with Crippen molar-refractivity contribution < 1.29 is 23.4 Å². The van der Waals surface area contributed by atoms with Crippen molar-refractivity contribution in [1.29, 1.82) is 0 Å². The summed E-state index contributed by atoms with van der Waals surface area (Å²) < 4.78 is 22.9. The Morgan fingerprint density at radius 3 is 2.45 bits per heavy atom. The maximum atomic E-state index is 12.8.